The largest absolute Gasteiger partial charge is 0.478 e. The number of amides is 4. The number of benzene rings is 1. The summed E-state index contributed by atoms with van der Waals surface area (Å²) in [5.41, 5.74) is 1.05. The lowest BCUT2D eigenvalue weighted by Crippen LogP contribution is -2.55. The standard InChI is InChI=1S/C18H26N4O4/c1-3-20(4-2)18(26)22-11-9-21(10-12-22)17(25)19-13-14-5-7-15(8-6-14)16(23)24/h5-8H,3-4,9-13H2,1-2H3,(H,19,25)(H,23,24). The molecule has 0 spiro atoms. The minimum absolute atomic E-state index is 0.0218. The minimum atomic E-state index is -0.974. The Morgan fingerprint density at radius 2 is 1.54 bits per heavy atom. The van der Waals surface area contributed by atoms with Crippen molar-refractivity contribution in [1.82, 2.24) is 20.0 Å². The number of rotatable bonds is 5. The molecule has 1 heterocycles. The van der Waals surface area contributed by atoms with Crippen LogP contribution in [0.2, 0.25) is 0 Å². The zero-order valence-corrected chi connectivity index (χ0v) is 15.3. The molecule has 0 unspecified atom stereocenters. The Morgan fingerprint density at radius 1 is 1.00 bits per heavy atom. The van der Waals surface area contributed by atoms with Gasteiger partial charge in [0, 0.05) is 45.8 Å². The highest BCUT2D eigenvalue weighted by Gasteiger charge is 2.26. The average Bonchev–Trinajstić information content (AvgIpc) is 2.67. The van der Waals surface area contributed by atoms with Crippen molar-refractivity contribution in [3.63, 3.8) is 0 Å². The second kappa shape index (κ2) is 9.07. The Hall–Kier alpha value is -2.77. The average molecular weight is 362 g/mol. The minimum Gasteiger partial charge on any atom is -0.478 e. The molecule has 0 bridgehead atoms. The monoisotopic (exact) mass is 362 g/mol. The first-order valence-electron chi connectivity index (χ1n) is 8.85. The van der Waals surface area contributed by atoms with E-state index in [2.05, 4.69) is 5.32 Å². The van der Waals surface area contributed by atoms with Crippen molar-refractivity contribution in [1.29, 1.82) is 0 Å². The van der Waals surface area contributed by atoms with E-state index < -0.39 is 5.97 Å². The molecule has 1 aliphatic heterocycles. The fraction of sp³-hybridized carbons (Fsp3) is 0.500. The Morgan fingerprint density at radius 3 is 2.04 bits per heavy atom. The van der Waals surface area contributed by atoms with Crippen molar-refractivity contribution in [3.8, 4) is 0 Å². The fourth-order valence-electron chi connectivity index (χ4n) is 2.85. The number of carboxylic acid groups (broad SMARTS) is 1. The van der Waals surface area contributed by atoms with Gasteiger partial charge in [0.25, 0.3) is 0 Å². The van der Waals surface area contributed by atoms with E-state index in [1.807, 2.05) is 13.8 Å². The SMILES string of the molecule is CCN(CC)C(=O)N1CCN(C(=O)NCc2ccc(C(=O)O)cc2)CC1. The molecule has 4 amide bonds. The summed E-state index contributed by atoms with van der Waals surface area (Å²) in [5.74, 6) is -0.974. The van der Waals surface area contributed by atoms with Gasteiger partial charge in [-0.15, -0.1) is 0 Å². The van der Waals surface area contributed by atoms with Crippen molar-refractivity contribution < 1.29 is 19.5 Å². The number of carboxylic acids is 1. The van der Waals surface area contributed by atoms with Crippen molar-refractivity contribution in [2.45, 2.75) is 20.4 Å². The lowest BCUT2D eigenvalue weighted by Gasteiger charge is -2.37. The summed E-state index contributed by atoms with van der Waals surface area (Å²) in [7, 11) is 0. The highest BCUT2D eigenvalue weighted by molar-refractivity contribution is 5.87. The van der Waals surface area contributed by atoms with Crippen LogP contribution in [0.5, 0.6) is 0 Å². The lowest BCUT2D eigenvalue weighted by molar-refractivity contribution is 0.0696. The number of aromatic carboxylic acids is 1. The van der Waals surface area contributed by atoms with E-state index in [1.54, 1.807) is 26.8 Å². The zero-order chi connectivity index (χ0) is 19.1. The lowest BCUT2D eigenvalue weighted by atomic mass is 10.1. The molecule has 8 heteroatoms. The number of hydrogen-bond acceptors (Lipinski definition) is 3. The maximum Gasteiger partial charge on any atom is 0.335 e. The van der Waals surface area contributed by atoms with Gasteiger partial charge in [-0.3, -0.25) is 0 Å². The molecule has 2 rings (SSSR count). The number of nitrogens with one attached hydrogen (secondary N) is 1. The summed E-state index contributed by atoms with van der Waals surface area (Å²) in [6.45, 7) is 7.63. The van der Waals surface area contributed by atoms with Gasteiger partial charge in [-0.25, -0.2) is 14.4 Å². The van der Waals surface area contributed by atoms with Crippen molar-refractivity contribution >= 4 is 18.0 Å². The van der Waals surface area contributed by atoms with E-state index in [4.69, 9.17) is 5.11 Å². The van der Waals surface area contributed by atoms with Gasteiger partial charge in [-0.05, 0) is 31.5 Å². The summed E-state index contributed by atoms with van der Waals surface area (Å²) < 4.78 is 0. The first-order chi connectivity index (χ1) is 12.5. The fourth-order valence-corrected chi connectivity index (χ4v) is 2.85. The van der Waals surface area contributed by atoms with Gasteiger partial charge >= 0.3 is 18.0 Å². The molecule has 1 aromatic carbocycles. The number of nitrogens with zero attached hydrogens (tertiary/aromatic N) is 3. The molecule has 0 saturated carbocycles. The van der Waals surface area contributed by atoms with Gasteiger partial charge in [0.05, 0.1) is 5.56 Å². The molecule has 1 fully saturated rings. The zero-order valence-electron chi connectivity index (χ0n) is 15.3. The van der Waals surface area contributed by atoms with E-state index in [0.29, 0.717) is 45.8 Å². The summed E-state index contributed by atoms with van der Waals surface area (Å²) in [4.78, 5) is 40.7. The highest BCUT2D eigenvalue weighted by atomic mass is 16.4. The first kappa shape index (κ1) is 19.6. The van der Waals surface area contributed by atoms with Crippen LogP contribution in [-0.4, -0.2) is 77.1 Å². The molecule has 1 aliphatic rings. The smallest absolute Gasteiger partial charge is 0.335 e. The quantitative estimate of drug-likeness (QED) is 0.833. The van der Waals surface area contributed by atoms with Gasteiger partial charge in [-0.1, -0.05) is 12.1 Å². The molecule has 0 atom stereocenters. The predicted octanol–water partition coefficient (Wildman–Crippen LogP) is 1.67. The second-order valence-electron chi connectivity index (χ2n) is 6.09. The van der Waals surface area contributed by atoms with E-state index in [9.17, 15) is 14.4 Å². The molecule has 26 heavy (non-hydrogen) atoms. The molecule has 142 valence electrons. The molecule has 0 aliphatic carbocycles. The topological polar surface area (TPSA) is 93.2 Å². The molecular formula is C18H26N4O4. The van der Waals surface area contributed by atoms with E-state index >= 15 is 0 Å². The molecule has 1 aromatic rings. The summed E-state index contributed by atoms with van der Waals surface area (Å²) in [6, 6.07) is 6.24. The summed E-state index contributed by atoms with van der Waals surface area (Å²) >= 11 is 0. The Kier molecular flexibility index (Phi) is 6.82. The summed E-state index contributed by atoms with van der Waals surface area (Å²) in [5, 5.41) is 11.7. The normalized spacial score (nSPS) is 14.1. The third-order valence-electron chi connectivity index (χ3n) is 4.52. The van der Waals surface area contributed by atoms with Crippen molar-refractivity contribution in [3.05, 3.63) is 35.4 Å². The van der Waals surface area contributed by atoms with Crippen LogP contribution in [0.1, 0.15) is 29.8 Å². The van der Waals surface area contributed by atoms with Gasteiger partial charge in [0.15, 0.2) is 0 Å². The Bertz CT molecular complexity index is 635. The highest BCUT2D eigenvalue weighted by Crippen LogP contribution is 2.08. The Balaban J connectivity index is 1.79. The van der Waals surface area contributed by atoms with Gasteiger partial charge in [-0.2, -0.15) is 0 Å². The molecule has 0 radical (unpaired) electrons. The van der Waals surface area contributed by atoms with Crippen LogP contribution in [0, 0.1) is 0 Å². The number of carbonyl (C=O) groups is 3. The van der Waals surface area contributed by atoms with Gasteiger partial charge in [0.2, 0.25) is 0 Å². The molecule has 8 nitrogen and oxygen atoms in total. The van der Waals surface area contributed by atoms with Gasteiger partial charge < -0.3 is 25.1 Å². The second-order valence-corrected chi connectivity index (χ2v) is 6.09. The van der Waals surface area contributed by atoms with E-state index in [0.717, 1.165) is 5.56 Å². The molecule has 1 saturated heterocycles. The first-order valence-corrected chi connectivity index (χ1v) is 8.85. The Labute approximate surface area is 153 Å². The maximum absolute atomic E-state index is 12.3. The third-order valence-corrected chi connectivity index (χ3v) is 4.52. The van der Waals surface area contributed by atoms with Crippen LogP contribution in [0.3, 0.4) is 0 Å². The van der Waals surface area contributed by atoms with Crippen LogP contribution in [0.4, 0.5) is 9.59 Å². The molecule has 0 aromatic heterocycles. The molecule has 2 N–H and O–H groups in total. The summed E-state index contributed by atoms with van der Waals surface area (Å²) in [6.07, 6.45) is 0. The van der Waals surface area contributed by atoms with Crippen LogP contribution in [-0.2, 0) is 6.54 Å². The molecular weight excluding hydrogens is 336 g/mol. The van der Waals surface area contributed by atoms with Gasteiger partial charge in [0.1, 0.15) is 0 Å². The van der Waals surface area contributed by atoms with E-state index in [1.165, 1.54) is 12.1 Å². The number of urea groups is 2. The van der Waals surface area contributed by atoms with Crippen LogP contribution in [0.15, 0.2) is 24.3 Å². The third kappa shape index (κ3) is 4.87. The van der Waals surface area contributed by atoms with Crippen molar-refractivity contribution in [2.24, 2.45) is 0 Å². The maximum atomic E-state index is 12.3. The number of carbonyl (C=O) groups excluding carboxylic acids is 2. The van der Waals surface area contributed by atoms with E-state index in [-0.39, 0.29) is 17.6 Å². The predicted molar refractivity (Wildman–Crippen MR) is 97.1 cm³/mol. The van der Waals surface area contributed by atoms with Crippen LogP contribution < -0.4 is 5.32 Å². The number of hydrogen-bond donors (Lipinski definition) is 2. The van der Waals surface area contributed by atoms with Crippen molar-refractivity contribution in [2.75, 3.05) is 39.3 Å². The number of piperazine rings is 1. The van der Waals surface area contributed by atoms with Crippen LogP contribution in [0.25, 0.3) is 0 Å². The van der Waals surface area contributed by atoms with Crippen LogP contribution >= 0.6 is 0 Å².